The molecule has 0 radical (unpaired) electrons. The summed E-state index contributed by atoms with van der Waals surface area (Å²) in [5.74, 6) is 0.281. The number of hydrogen-bond acceptors (Lipinski definition) is 1. The predicted molar refractivity (Wildman–Crippen MR) is 95.0 cm³/mol. The molecule has 2 aromatic carbocycles. The van der Waals surface area contributed by atoms with Crippen LogP contribution in [0.15, 0.2) is 53.0 Å². The van der Waals surface area contributed by atoms with Crippen LogP contribution in [0.1, 0.15) is 48.3 Å². The van der Waals surface area contributed by atoms with Crippen molar-refractivity contribution in [1.29, 1.82) is 0 Å². The quantitative estimate of drug-likeness (QED) is 0.786. The molecule has 2 nitrogen and oxygen atoms in total. The molecular weight excluding hydrogens is 338 g/mol. The third-order valence-corrected chi connectivity index (χ3v) is 4.28. The van der Waals surface area contributed by atoms with Gasteiger partial charge in [0.15, 0.2) is 0 Å². The Labute approximate surface area is 141 Å². The molecule has 22 heavy (non-hydrogen) atoms. The Balaban J connectivity index is 2.19. The Hall–Kier alpha value is -1.61. The number of amides is 1. The molecule has 0 spiro atoms. The fraction of sp³-hybridized carbons (Fsp3) is 0.316. The number of carbonyl (C=O) groups is 1. The predicted octanol–water partition coefficient (Wildman–Crippen LogP) is 5.14. The number of halogens is 1. The molecule has 0 saturated carbocycles. The van der Waals surface area contributed by atoms with Gasteiger partial charge in [0.05, 0.1) is 6.04 Å². The number of carbonyl (C=O) groups excluding carboxylic acids is 1. The van der Waals surface area contributed by atoms with Crippen LogP contribution in [-0.2, 0) is 6.42 Å². The number of benzene rings is 2. The SMILES string of the molecule is CCc1ccc([C@H](NC(=O)c2cccc(Br)c2)C(C)C)cc1. The minimum absolute atomic E-state index is 0.0115. The first kappa shape index (κ1) is 16.8. The highest BCUT2D eigenvalue weighted by atomic mass is 79.9. The highest BCUT2D eigenvalue weighted by Gasteiger charge is 2.19. The summed E-state index contributed by atoms with van der Waals surface area (Å²) in [7, 11) is 0. The minimum atomic E-state index is -0.0421. The van der Waals surface area contributed by atoms with Gasteiger partial charge in [0.2, 0.25) is 0 Å². The smallest absolute Gasteiger partial charge is 0.251 e. The Morgan fingerprint density at radius 1 is 1.14 bits per heavy atom. The van der Waals surface area contributed by atoms with Gasteiger partial charge in [-0.3, -0.25) is 4.79 Å². The summed E-state index contributed by atoms with van der Waals surface area (Å²) in [5, 5.41) is 3.15. The lowest BCUT2D eigenvalue weighted by Crippen LogP contribution is -2.31. The highest BCUT2D eigenvalue weighted by Crippen LogP contribution is 2.23. The minimum Gasteiger partial charge on any atom is -0.345 e. The van der Waals surface area contributed by atoms with E-state index in [0.717, 1.165) is 16.5 Å². The van der Waals surface area contributed by atoms with Crippen LogP contribution >= 0.6 is 15.9 Å². The number of aryl methyl sites for hydroxylation is 1. The molecule has 3 heteroatoms. The van der Waals surface area contributed by atoms with E-state index >= 15 is 0 Å². The molecule has 0 saturated heterocycles. The summed E-state index contributed by atoms with van der Waals surface area (Å²) in [6, 6.07) is 16.0. The molecule has 0 aliphatic carbocycles. The first-order chi connectivity index (χ1) is 10.5. The van der Waals surface area contributed by atoms with Crippen molar-refractivity contribution in [2.75, 3.05) is 0 Å². The molecule has 0 aliphatic rings. The number of nitrogens with one attached hydrogen (secondary N) is 1. The zero-order valence-electron chi connectivity index (χ0n) is 13.3. The van der Waals surface area contributed by atoms with Gasteiger partial charge in [0, 0.05) is 10.0 Å². The summed E-state index contributed by atoms with van der Waals surface area (Å²) in [6.07, 6.45) is 1.02. The molecule has 0 aromatic heterocycles. The summed E-state index contributed by atoms with van der Waals surface area (Å²) in [6.45, 7) is 6.39. The molecule has 0 unspecified atom stereocenters. The van der Waals surface area contributed by atoms with Crippen molar-refractivity contribution in [3.05, 3.63) is 69.7 Å². The monoisotopic (exact) mass is 359 g/mol. The van der Waals surface area contributed by atoms with E-state index in [9.17, 15) is 4.79 Å². The van der Waals surface area contributed by atoms with Gasteiger partial charge in [0.25, 0.3) is 5.91 Å². The van der Waals surface area contributed by atoms with Crippen LogP contribution in [0, 0.1) is 5.92 Å². The molecule has 0 aliphatic heterocycles. The first-order valence-electron chi connectivity index (χ1n) is 7.66. The van der Waals surface area contributed by atoms with Crippen molar-refractivity contribution in [2.24, 2.45) is 5.92 Å². The van der Waals surface area contributed by atoms with Crippen molar-refractivity contribution < 1.29 is 4.79 Å². The van der Waals surface area contributed by atoms with Crippen LogP contribution < -0.4 is 5.32 Å². The van der Waals surface area contributed by atoms with Crippen LogP contribution in [0.25, 0.3) is 0 Å². The molecule has 1 N–H and O–H groups in total. The van der Waals surface area contributed by atoms with Gasteiger partial charge in [-0.1, -0.05) is 67.0 Å². The standard InChI is InChI=1S/C19H22BrNO/c1-4-14-8-10-15(11-9-14)18(13(2)3)21-19(22)16-6-5-7-17(20)12-16/h5-13,18H,4H2,1-3H3,(H,21,22)/t18-/m1/s1. The molecule has 0 heterocycles. The fourth-order valence-corrected chi connectivity index (χ4v) is 2.85. The van der Waals surface area contributed by atoms with E-state index in [1.54, 1.807) is 0 Å². The summed E-state index contributed by atoms with van der Waals surface area (Å²) < 4.78 is 0.911. The number of rotatable bonds is 5. The molecule has 1 atom stereocenters. The fourth-order valence-electron chi connectivity index (χ4n) is 2.45. The van der Waals surface area contributed by atoms with Crippen LogP contribution in [0.5, 0.6) is 0 Å². The summed E-state index contributed by atoms with van der Waals surface area (Å²) >= 11 is 3.41. The van der Waals surface area contributed by atoms with Crippen molar-refractivity contribution in [2.45, 2.75) is 33.2 Å². The average molecular weight is 360 g/mol. The van der Waals surface area contributed by atoms with E-state index in [2.05, 4.69) is 66.3 Å². The molecule has 2 rings (SSSR count). The van der Waals surface area contributed by atoms with E-state index in [4.69, 9.17) is 0 Å². The lowest BCUT2D eigenvalue weighted by Gasteiger charge is -2.23. The van der Waals surface area contributed by atoms with Crippen molar-refractivity contribution in [3.63, 3.8) is 0 Å². The zero-order chi connectivity index (χ0) is 16.1. The maximum atomic E-state index is 12.5. The van der Waals surface area contributed by atoms with Crippen LogP contribution in [0.2, 0.25) is 0 Å². The zero-order valence-corrected chi connectivity index (χ0v) is 14.9. The van der Waals surface area contributed by atoms with Gasteiger partial charge in [0.1, 0.15) is 0 Å². The normalized spacial score (nSPS) is 12.2. The molecule has 0 fully saturated rings. The lowest BCUT2D eigenvalue weighted by atomic mass is 9.94. The van der Waals surface area contributed by atoms with Gasteiger partial charge in [-0.15, -0.1) is 0 Å². The van der Waals surface area contributed by atoms with Gasteiger partial charge in [-0.2, -0.15) is 0 Å². The largest absolute Gasteiger partial charge is 0.345 e. The van der Waals surface area contributed by atoms with E-state index in [1.807, 2.05) is 24.3 Å². The molecule has 2 aromatic rings. The Morgan fingerprint density at radius 2 is 1.82 bits per heavy atom. The second kappa shape index (κ2) is 7.59. The maximum absolute atomic E-state index is 12.5. The van der Waals surface area contributed by atoms with E-state index < -0.39 is 0 Å². The highest BCUT2D eigenvalue weighted by molar-refractivity contribution is 9.10. The topological polar surface area (TPSA) is 29.1 Å². The van der Waals surface area contributed by atoms with Crippen LogP contribution in [0.3, 0.4) is 0 Å². The van der Waals surface area contributed by atoms with E-state index in [1.165, 1.54) is 5.56 Å². The van der Waals surface area contributed by atoms with Crippen LogP contribution in [-0.4, -0.2) is 5.91 Å². The van der Waals surface area contributed by atoms with Gasteiger partial charge < -0.3 is 5.32 Å². The lowest BCUT2D eigenvalue weighted by molar-refractivity contribution is 0.0925. The summed E-state index contributed by atoms with van der Waals surface area (Å²) in [4.78, 5) is 12.5. The number of hydrogen-bond donors (Lipinski definition) is 1. The first-order valence-corrected chi connectivity index (χ1v) is 8.45. The van der Waals surface area contributed by atoms with Crippen molar-refractivity contribution in [1.82, 2.24) is 5.32 Å². The molecule has 1 amide bonds. The Bertz CT molecular complexity index is 634. The van der Waals surface area contributed by atoms with Gasteiger partial charge >= 0.3 is 0 Å². The maximum Gasteiger partial charge on any atom is 0.251 e. The Kier molecular flexibility index (Phi) is 5.78. The van der Waals surface area contributed by atoms with E-state index in [-0.39, 0.29) is 11.9 Å². The summed E-state index contributed by atoms with van der Waals surface area (Å²) in [5.41, 5.74) is 3.13. The molecule has 0 bridgehead atoms. The van der Waals surface area contributed by atoms with E-state index in [0.29, 0.717) is 11.5 Å². The second-order valence-corrected chi connectivity index (χ2v) is 6.72. The Morgan fingerprint density at radius 3 is 2.36 bits per heavy atom. The molecular formula is C19H22BrNO. The van der Waals surface area contributed by atoms with Gasteiger partial charge in [-0.05, 0) is 41.7 Å². The van der Waals surface area contributed by atoms with Crippen LogP contribution in [0.4, 0.5) is 0 Å². The third-order valence-electron chi connectivity index (χ3n) is 3.79. The van der Waals surface area contributed by atoms with Crippen molar-refractivity contribution in [3.8, 4) is 0 Å². The van der Waals surface area contributed by atoms with Gasteiger partial charge in [-0.25, -0.2) is 0 Å². The molecule has 116 valence electrons. The average Bonchev–Trinajstić information content (AvgIpc) is 2.52. The second-order valence-electron chi connectivity index (χ2n) is 5.80. The van der Waals surface area contributed by atoms with Crippen molar-refractivity contribution >= 4 is 21.8 Å². The third kappa shape index (κ3) is 4.20.